The zero-order valence-corrected chi connectivity index (χ0v) is 19.9. The number of rotatable bonds is 8. The fourth-order valence-corrected chi connectivity index (χ4v) is 4.45. The maximum absolute atomic E-state index is 13.1. The maximum Gasteiger partial charge on any atom is 0.310 e. The molecule has 1 atom stereocenters. The van der Waals surface area contributed by atoms with Crippen LogP contribution in [-0.4, -0.2) is 70.6 Å². The Morgan fingerprint density at radius 1 is 1.25 bits per heavy atom. The van der Waals surface area contributed by atoms with Crippen molar-refractivity contribution in [2.24, 2.45) is 5.92 Å². The fraction of sp³-hybridized carbons (Fsp3) is 0.565. The Kier molecular flexibility index (Phi) is 8.20. The van der Waals surface area contributed by atoms with Crippen LogP contribution in [0.3, 0.4) is 0 Å². The van der Waals surface area contributed by atoms with Crippen molar-refractivity contribution in [1.29, 1.82) is 0 Å². The van der Waals surface area contributed by atoms with Gasteiger partial charge >= 0.3 is 5.97 Å². The summed E-state index contributed by atoms with van der Waals surface area (Å²) in [6.07, 6.45) is 1.48. The van der Waals surface area contributed by atoms with Crippen LogP contribution in [0.5, 0.6) is 0 Å². The summed E-state index contributed by atoms with van der Waals surface area (Å²) in [6, 6.07) is 5.03. The minimum Gasteiger partial charge on any atom is -0.466 e. The van der Waals surface area contributed by atoms with E-state index in [1.54, 1.807) is 34.6 Å². The minimum absolute atomic E-state index is 0.157. The predicted octanol–water partition coefficient (Wildman–Crippen LogP) is 2.82. The molecule has 0 saturated carbocycles. The molecule has 8 nitrogen and oxygen atoms in total. The lowest BCUT2D eigenvalue weighted by molar-refractivity contribution is -0.149. The number of nitrogens with zero attached hydrogens (tertiary/aromatic N) is 3. The summed E-state index contributed by atoms with van der Waals surface area (Å²) in [5.41, 5.74) is 0.854. The number of aromatic amines is 1. The van der Waals surface area contributed by atoms with E-state index in [0.717, 1.165) is 32.5 Å². The van der Waals surface area contributed by atoms with Crippen molar-refractivity contribution in [3.05, 3.63) is 38.9 Å². The molecule has 2 aromatic rings. The fourth-order valence-electron chi connectivity index (χ4n) is 4.17. The number of likely N-dealkylation sites (N-methyl/N-ethyl adjacent to an activating group) is 1. The summed E-state index contributed by atoms with van der Waals surface area (Å²) in [6.45, 7) is 10.3. The lowest BCUT2D eigenvalue weighted by Gasteiger charge is -2.31. The van der Waals surface area contributed by atoms with Crippen LogP contribution in [0, 0.1) is 10.7 Å². The average Bonchev–Trinajstić information content (AvgIpc) is 2.80. The van der Waals surface area contributed by atoms with Crippen LogP contribution < -0.4 is 5.56 Å². The number of ether oxygens (including phenoxy) is 1. The number of H-pyrrole nitrogens is 1. The zero-order chi connectivity index (χ0) is 23.3. The number of piperidine rings is 1. The molecule has 1 aromatic heterocycles. The largest absolute Gasteiger partial charge is 0.466 e. The molecule has 0 radical (unpaired) electrons. The molecule has 1 aromatic carbocycles. The molecule has 0 aliphatic carbocycles. The van der Waals surface area contributed by atoms with E-state index in [1.807, 2.05) is 0 Å². The molecule has 32 heavy (non-hydrogen) atoms. The number of carbonyl (C=O) groups is 2. The molecule has 0 spiro atoms. The molecule has 1 aliphatic rings. The SMILES string of the molecule is CCOC(=O)C1CCCN(C(=O)c2ccc3c(=O)n(CCN(CC)CC)c(=S)[nH]c3c2)C1. The molecular formula is C23H32N4O4S. The number of hydrogen-bond acceptors (Lipinski definition) is 6. The Bertz CT molecular complexity index is 1090. The van der Waals surface area contributed by atoms with Gasteiger partial charge in [-0.2, -0.15) is 0 Å². The van der Waals surface area contributed by atoms with Crippen molar-refractivity contribution in [2.75, 3.05) is 39.3 Å². The summed E-state index contributed by atoms with van der Waals surface area (Å²) in [4.78, 5) is 45.2. The molecule has 1 amide bonds. The van der Waals surface area contributed by atoms with Gasteiger partial charge in [0, 0.05) is 31.7 Å². The van der Waals surface area contributed by atoms with Crippen LogP contribution in [0.25, 0.3) is 10.9 Å². The number of carbonyl (C=O) groups excluding carboxylic acids is 2. The first-order valence-corrected chi connectivity index (χ1v) is 11.8. The summed E-state index contributed by atoms with van der Waals surface area (Å²) >= 11 is 5.44. The number of aromatic nitrogens is 2. The number of hydrogen-bond donors (Lipinski definition) is 1. The number of nitrogens with one attached hydrogen (secondary N) is 1. The summed E-state index contributed by atoms with van der Waals surface area (Å²) in [7, 11) is 0. The molecule has 1 unspecified atom stereocenters. The smallest absolute Gasteiger partial charge is 0.310 e. The van der Waals surface area contributed by atoms with Crippen molar-refractivity contribution in [3.63, 3.8) is 0 Å². The molecule has 1 fully saturated rings. The molecule has 1 saturated heterocycles. The highest BCUT2D eigenvalue weighted by molar-refractivity contribution is 7.71. The summed E-state index contributed by atoms with van der Waals surface area (Å²) < 4.78 is 7.05. The van der Waals surface area contributed by atoms with Crippen LogP contribution in [-0.2, 0) is 16.1 Å². The normalized spacial score (nSPS) is 16.5. The van der Waals surface area contributed by atoms with Gasteiger partial charge in [-0.25, -0.2) is 0 Å². The van der Waals surface area contributed by atoms with Crippen molar-refractivity contribution < 1.29 is 14.3 Å². The van der Waals surface area contributed by atoms with Crippen LogP contribution in [0.2, 0.25) is 0 Å². The number of esters is 1. The van der Waals surface area contributed by atoms with E-state index in [1.165, 1.54) is 0 Å². The van der Waals surface area contributed by atoms with Crippen molar-refractivity contribution in [3.8, 4) is 0 Å². The molecular weight excluding hydrogens is 428 g/mol. The molecule has 2 heterocycles. The van der Waals surface area contributed by atoms with Gasteiger partial charge in [-0.3, -0.25) is 19.0 Å². The Morgan fingerprint density at radius 3 is 2.69 bits per heavy atom. The molecule has 1 aliphatic heterocycles. The van der Waals surface area contributed by atoms with Gasteiger partial charge in [-0.15, -0.1) is 0 Å². The predicted molar refractivity (Wildman–Crippen MR) is 126 cm³/mol. The quantitative estimate of drug-likeness (QED) is 0.482. The Labute approximate surface area is 193 Å². The molecule has 0 bridgehead atoms. The van der Waals surface area contributed by atoms with Crippen LogP contribution in [0.4, 0.5) is 0 Å². The Hall–Kier alpha value is -2.52. The second-order valence-electron chi connectivity index (χ2n) is 8.02. The van der Waals surface area contributed by atoms with Gasteiger partial charge in [0.15, 0.2) is 4.77 Å². The van der Waals surface area contributed by atoms with Crippen molar-refractivity contribution in [2.45, 2.75) is 40.2 Å². The third-order valence-electron chi connectivity index (χ3n) is 6.09. The summed E-state index contributed by atoms with van der Waals surface area (Å²) in [5, 5.41) is 0.498. The Balaban J connectivity index is 1.83. The van der Waals surface area contributed by atoms with Gasteiger partial charge in [0.05, 0.1) is 23.4 Å². The first-order chi connectivity index (χ1) is 15.4. The second-order valence-corrected chi connectivity index (χ2v) is 8.40. The maximum atomic E-state index is 13.1. The Morgan fingerprint density at radius 2 is 2.00 bits per heavy atom. The van der Waals surface area contributed by atoms with E-state index in [9.17, 15) is 14.4 Å². The molecule has 3 rings (SSSR count). The highest BCUT2D eigenvalue weighted by atomic mass is 32.1. The number of amides is 1. The molecule has 9 heteroatoms. The van der Waals surface area contributed by atoms with Gasteiger partial charge in [-0.05, 0) is 63.3 Å². The third kappa shape index (κ3) is 5.27. The van der Waals surface area contributed by atoms with Gasteiger partial charge in [0.25, 0.3) is 11.5 Å². The van der Waals surface area contributed by atoms with Gasteiger partial charge in [0.1, 0.15) is 0 Å². The lowest BCUT2D eigenvalue weighted by Crippen LogP contribution is -2.42. The van der Waals surface area contributed by atoms with Crippen LogP contribution in [0.15, 0.2) is 23.0 Å². The lowest BCUT2D eigenvalue weighted by atomic mass is 9.97. The van der Waals surface area contributed by atoms with E-state index in [-0.39, 0.29) is 23.4 Å². The van der Waals surface area contributed by atoms with Crippen molar-refractivity contribution in [1.82, 2.24) is 19.4 Å². The van der Waals surface area contributed by atoms with E-state index in [2.05, 4.69) is 23.7 Å². The van der Waals surface area contributed by atoms with Crippen LogP contribution in [0.1, 0.15) is 44.0 Å². The van der Waals surface area contributed by atoms with E-state index in [4.69, 9.17) is 17.0 Å². The van der Waals surface area contributed by atoms with E-state index < -0.39 is 0 Å². The zero-order valence-electron chi connectivity index (χ0n) is 19.1. The van der Waals surface area contributed by atoms with E-state index in [0.29, 0.717) is 47.5 Å². The number of likely N-dealkylation sites (tertiary alicyclic amines) is 1. The third-order valence-corrected chi connectivity index (χ3v) is 6.41. The van der Waals surface area contributed by atoms with E-state index >= 15 is 0 Å². The second kappa shape index (κ2) is 10.9. The number of benzene rings is 1. The highest BCUT2D eigenvalue weighted by Gasteiger charge is 2.30. The molecule has 1 N–H and O–H groups in total. The average molecular weight is 461 g/mol. The van der Waals surface area contributed by atoms with Crippen molar-refractivity contribution >= 4 is 35.0 Å². The highest BCUT2D eigenvalue weighted by Crippen LogP contribution is 2.21. The van der Waals surface area contributed by atoms with Crippen LogP contribution >= 0.6 is 12.2 Å². The van der Waals surface area contributed by atoms with Gasteiger partial charge < -0.3 is 19.5 Å². The summed E-state index contributed by atoms with van der Waals surface area (Å²) in [5.74, 6) is -0.708. The minimum atomic E-state index is -0.295. The first kappa shape index (κ1) is 24.1. The first-order valence-electron chi connectivity index (χ1n) is 11.3. The molecule has 174 valence electrons. The van der Waals surface area contributed by atoms with Gasteiger partial charge in [-0.1, -0.05) is 13.8 Å². The number of fused-ring (bicyclic) bond motifs is 1. The standard InChI is InChI=1S/C23H32N4O4S/c1-4-25(5-2)12-13-27-21(29)18-10-9-16(14-19(18)24-23(27)32)20(28)26-11-7-8-17(15-26)22(30)31-6-3/h9-10,14,17H,4-8,11-13,15H2,1-3H3,(H,24,32). The monoisotopic (exact) mass is 460 g/mol. The van der Waals surface area contributed by atoms with Gasteiger partial charge in [0.2, 0.25) is 0 Å². The topological polar surface area (TPSA) is 87.6 Å².